The van der Waals surface area contributed by atoms with Crippen molar-refractivity contribution >= 4 is 0 Å². The highest BCUT2D eigenvalue weighted by Gasteiger charge is 2.18. The molecule has 1 rings (SSSR count). The van der Waals surface area contributed by atoms with Gasteiger partial charge in [0.15, 0.2) is 0 Å². The second-order valence-electron chi connectivity index (χ2n) is 2.71. The van der Waals surface area contributed by atoms with E-state index in [0.717, 1.165) is 0 Å². The number of aryl methyl sites for hydroxylation is 1. The van der Waals surface area contributed by atoms with Crippen LogP contribution in [-0.2, 0) is 7.05 Å². The molecule has 0 saturated heterocycles. The lowest BCUT2D eigenvalue weighted by Crippen LogP contribution is -2.27. The number of rotatable bonds is 3. The summed E-state index contributed by atoms with van der Waals surface area (Å²) >= 11 is 0. The first-order valence-electron chi connectivity index (χ1n) is 3.69. The zero-order valence-corrected chi connectivity index (χ0v) is 6.88. The van der Waals surface area contributed by atoms with Gasteiger partial charge in [0.1, 0.15) is 6.10 Å². The Labute approximate surface area is 70.5 Å². The molecule has 0 radical (unpaired) electrons. The lowest BCUT2D eigenvalue weighted by atomic mass is 10.1. The summed E-state index contributed by atoms with van der Waals surface area (Å²) in [4.78, 5) is 3.88. The van der Waals surface area contributed by atoms with Crippen LogP contribution in [0, 0.1) is 0 Å². The molecule has 0 amide bonds. The quantitative estimate of drug-likeness (QED) is 0.532. The first-order chi connectivity index (χ1) is 5.65. The highest BCUT2D eigenvalue weighted by Crippen LogP contribution is 2.12. The molecule has 0 aliphatic rings. The minimum absolute atomic E-state index is 0.0255. The van der Waals surface area contributed by atoms with Gasteiger partial charge in [0, 0.05) is 19.8 Å². The van der Waals surface area contributed by atoms with Gasteiger partial charge in [-0.05, 0) is 0 Å². The molecule has 5 heteroatoms. The maximum Gasteiger partial charge on any atom is 0.124 e. The number of nitrogens with zero attached hydrogens (tertiary/aromatic N) is 2. The van der Waals surface area contributed by atoms with Gasteiger partial charge < -0.3 is 20.5 Å². The average molecular weight is 171 g/mol. The lowest BCUT2D eigenvalue weighted by molar-refractivity contribution is 0.0219. The fourth-order valence-corrected chi connectivity index (χ4v) is 0.912. The Hall–Kier alpha value is -0.910. The van der Waals surface area contributed by atoms with E-state index in [9.17, 15) is 5.11 Å². The summed E-state index contributed by atoms with van der Waals surface area (Å²) in [7, 11) is 1.79. The highest BCUT2D eigenvalue weighted by molar-refractivity contribution is 5.02. The van der Waals surface area contributed by atoms with Crippen LogP contribution in [-0.4, -0.2) is 32.4 Å². The number of aromatic nitrogens is 2. The molecular weight excluding hydrogens is 158 g/mol. The van der Waals surface area contributed by atoms with E-state index in [4.69, 9.17) is 10.8 Å². The molecule has 0 aromatic carbocycles. The Morgan fingerprint density at radius 1 is 1.67 bits per heavy atom. The minimum Gasteiger partial charge on any atom is -0.389 e. The van der Waals surface area contributed by atoms with E-state index in [1.165, 1.54) is 0 Å². The fourth-order valence-electron chi connectivity index (χ4n) is 0.912. The minimum atomic E-state index is -0.990. The summed E-state index contributed by atoms with van der Waals surface area (Å²) < 4.78 is 1.70. The summed E-state index contributed by atoms with van der Waals surface area (Å²) in [5.41, 5.74) is 5.61. The van der Waals surface area contributed by atoms with Crippen LogP contribution in [0.3, 0.4) is 0 Å². The van der Waals surface area contributed by atoms with Crippen molar-refractivity contribution in [3.63, 3.8) is 0 Å². The van der Waals surface area contributed by atoms with E-state index in [1.54, 1.807) is 24.1 Å². The molecule has 0 aliphatic carbocycles. The van der Waals surface area contributed by atoms with Gasteiger partial charge in [-0.2, -0.15) is 0 Å². The van der Waals surface area contributed by atoms with Gasteiger partial charge in [-0.1, -0.05) is 0 Å². The van der Waals surface area contributed by atoms with E-state index in [2.05, 4.69) is 4.98 Å². The third-order valence-electron chi connectivity index (χ3n) is 1.63. The van der Waals surface area contributed by atoms with Gasteiger partial charge >= 0.3 is 0 Å². The van der Waals surface area contributed by atoms with Crippen molar-refractivity contribution in [2.75, 3.05) is 6.54 Å². The molecule has 2 unspecified atom stereocenters. The van der Waals surface area contributed by atoms with Gasteiger partial charge in [-0.15, -0.1) is 0 Å². The zero-order chi connectivity index (χ0) is 9.14. The third-order valence-corrected chi connectivity index (χ3v) is 1.63. The number of hydrogen-bond acceptors (Lipinski definition) is 4. The molecule has 4 N–H and O–H groups in total. The van der Waals surface area contributed by atoms with Crippen LogP contribution in [0.25, 0.3) is 0 Å². The molecule has 5 nitrogen and oxygen atoms in total. The molecule has 0 aliphatic heterocycles. The maximum absolute atomic E-state index is 9.40. The van der Waals surface area contributed by atoms with Crippen molar-refractivity contribution in [1.29, 1.82) is 0 Å². The van der Waals surface area contributed by atoms with Gasteiger partial charge in [0.05, 0.1) is 18.1 Å². The maximum atomic E-state index is 9.40. The summed E-state index contributed by atoms with van der Waals surface area (Å²) in [6.07, 6.45) is 1.27. The number of aliphatic hydroxyl groups excluding tert-OH is 2. The van der Waals surface area contributed by atoms with Crippen LogP contribution >= 0.6 is 0 Å². The fraction of sp³-hybridized carbons (Fsp3) is 0.571. The van der Waals surface area contributed by atoms with Crippen molar-refractivity contribution in [3.05, 3.63) is 18.2 Å². The first-order valence-corrected chi connectivity index (χ1v) is 3.69. The predicted octanol–water partition coefficient (Wildman–Crippen LogP) is -1.23. The predicted molar refractivity (Wildman–Crippen MR) is 43.2 cm³/mol. The van der Waals surface area contributed by atoms with Gasteiger partial charge in [-0.3, -0.25) is 0 Å². The third kappa shape index (κ3) is 1.82. The number of nitrogens with two attached hydrogens (primary N) is 1. The van der Waals surface area contributed by atoms with Gasteiger partial charge in [0.2, 0.25) is 0 Å². The Bertz CT molecular complexity index is 249. The summed E-state index contributed by atoms with van der Waals surface area (Å²) in [5.74, 6) is 0. The first kappa shape index (κ1) is 9.18. The van der Waals surface area contributed by atoms with Crippen molar-refractivity contribution in [2.45, 2.75) is 12.2 Å². The topological polar surface area (TPSA) is 84.3 Å². The van der Waals surface area contributed by atoms with Gasteiger partial charge in [0.25, 0.3) is 0 Å². The monoisotopic (exact) mass is 171 g/mol. The zero-order valence-electron chi connectivity index (χ0n) is 6.88. The molecule has 12 heavy (non-hydrogen) atoms. The normalized spacial score (nSPS) is 16.0. The second-order valence-corrected chi connectivity index (χ2v) is 2.71. The molecule has 68 valence electrons. The van der Waals surface area contributed by atoms with E-state index >= 15 is 0 Å². The van der Waals surface area contributed by atoms with Crippen LogP contribution < -0.4 is 5.73 Å². The van der Waals surface area contributed by atoms with E-state index in [0.29, 0.717) is 5.69 Å². The van der Waals surface area contributed by atoms with Crippen LogP contribution in [0.5, 0.6) is 0 Å². The van der Waals surface area contributed by atoms with Crippen molar-refractivity contribution in [2.24, 2.45) is 12.8 Å². The van der Waals surface area contributed by atoms with Crippen molar-refractivity contribution in [3.8, 4) is 0 Å². The smallest absolute Gasteiger partial charge is 0.124 e. The Kier molecular flexibility index (Phi) is 2.80. The summed E-state index contributed by atoms with van der Waals surface area (Å²) in [5, 5.41) is 18.6. The molecular formula is C7H13N3O2. The molecule has 0 bridgehead atoms. The number of imidazole rings is 1. The largest absolute Gasteiger partial charge is 0.389 e. The Morgan fingerprint density at radius 3 is 2.75 bits per heavy atom. The standard InChI is InChI=1S/C7H13N3O2/c1-10-3-5(9-4-10)7(12)6(11)2-8/h3-4,6-7,11-12H,2,8H2,1H3. The van der Waals surface area contributed by atoms with Gasteiger partial charge in [-0.25, -0.2) is 4.98 Å². The van der Waals surface area contributed by atoms with Crippen LogP contribution in [0.2, 0.25) is 0 Å². The highest BCUT2D eigenvalue weighted by atomic mass is 16.3. The van der Waals surface area contributed by atoms with Crippen LogP contribution in [0.15, 0.2) is 12.5 Å². The molecule has 2 atom stereocenters. The average Bonchev–Trinajstić information content (AvgIpc) is 2.49. The Morgan fingerprint density at radius 2 is 2.33 bits per heavy atom. The Balaban J connectivity index is 2.70. The van der Waals surface area contributed by atoms with Crippen LogP contribution in [0.1, 0.15) is 11.8 Å². The summed E-state index contributed by atoms with van der Waals surface area (Å²) in [6, 6.07) is 0. The SMILES string of the molecule is Cn1cnc(C(O)C(O)CN)c1. The summed E-state index contributed by atoms with van der Waals surface area (Å²) in [6.45, 7) is 0.0255. The number of hydrogen-bond donors (Lipinski definition) is 3. The van der Waals surface area contributed by atoms with Crippen molar-refractivity contribution < 1.29 is 10.2 Å². The second kappa shape index (κ2) is 3.66. The molecule has 1 heterocycles. The van der Waals surface area contributed by atoms with E-state index < -0.39 is 12.2 Å². The number of aliphatic hydroxyl groups is 2. The molecule has 0 saturated carbocycles. The molecule has 1 aromatic rings. The van der Waals surface area contributed by atoms with E-state index in [-0.39, 0.29) is 6.54 Å². The van der Waals surface area contributed by atoms with E-state index in [1.807, 2.05) is 0 Å². The molecule has 1 aromatic heterocycles. The lowest BCUT2D eigenvalue weighted by Gasteiger charge is -2.12. The molecule has 0 spiro atoms. The van der Waals surface area contributed by atoms with Crippen molar-refractivity contribution in [1.82, 2.24) is 9.55 Å². The molecule has 0 fully saturated rings. The van der Waals surface area contributed by atoms with Crippen LogP contribution in [0.4, 0.5) is 0 Å².